The van der Waals surface area contributed by atoms with Gasteiger partial charge in [0.25, 0.3) is 0 Å². The maximum absolute atomic E-state index is 12.6. The number of benzene rings is 1. The maximum Gasteiger partial charge on any atom is 0.416 e. The summed E-state index contributed by atoms with van der Waals surface area (Å²) in [6, 6.07) is 5.54. The highest BCUT2D eigenvalue weighted by Crippen LogP contribution is 2.42. The monoisotopic (exact) mass is 406 g/mol. The molecule has 3 heteroatoms. The molecule has 0 unspecified atom stereocenters. The standard InChI is InChI=1S/C26H37F3/c1-2-5-20-8-14-23(15-9-20)24-16-10-21(11-17-24)6-3-4-7-22-12-18-25(19-13-22)26(27,28)29/h3-4,12-13,18-21,23-24H,2,5-11,14-17H2,1H3. The fourth-order valence-electron chi connectivity index (χ4n) is 5.59. The van der Waals surface area contributed by atoms with Crippen molar-refractivity contribution in [2.24, 2.45) is 23.7 Å². The van der Waals surface area contributed by atoms with Crippen LogP contribution in [0.25, 0.3) is 0 Å². The molecule has 0 aliphatic heterocycles. The second-order valence-corrected chi connectivity index (χ2v) is 9.46. The number of allylic oxidation sites excluding steroid dienone is 2. The average molecular weight is 407 g/mol. The first-order valence-corrected chi connectivity index (χ1v) is 11.8. The first kappa shape index (κ1) is 22.4. The quantitative estimate of drug-likeness (QED) is 0.398. The van der Waals surface area contributed by atoms with Crippen molar-refractivity contribution in [1.82, 2.24) is 0 Å². The lowest BCUT2D eigenvalue weighted by molar-refractivity contribution is -0.137. The number of rotatable bonds is 7. The Morgan fingerprint density at radius 2 is 1.34 bits per heavy atom. The number of alkyl halides is 3. The van der Waals surface area contributed by atoms with Crippen LogP contribution in [0.4, 0.5) is 13.2 Å². The zero-order valence-corrected chi connectivity index (χ0v) is 17.9. The second kappa shape index (κ2) is 10.7. The van der Waals surface area contributed by atoms with Crippen molar-refractivity contribution >= 4 is 0 Å². The van der Waals surface area contributed by atoms with Gasteiger partial charge >= 0.3 is 6.18 Å². The van der Waals surface area contributed by atoms with Crippen molar-refractivity contribution < 1.29 is 13.2 Å². The molecule has 0 aromatic heterocycles. The molecule has 1 aromatic carbocycles. The van der Waals surface area contributed by atoms with Gasteiger partial charge in [-0.05, 0) is 92.7 Å². The molecule has 2 saturated carbocycles. The minimum absolute atomic E-state index is 0.569. The molecule has 1 aromatic rings. The molecule has 0 heterocycles. The van der Waals surface area contributed by atoms with E-state index in [4.69, 9.17) is 0 Å². The Bertz CT molecular complexity index is 612. The molecule has 0 bridgehead atoms. The second-order valence-electron chi connectivity index (χ2n) is 9.46. The van der Waals surface area contributed by atoms with E-state index >= 15 is 0 Å². The van der Waals surface area contributed by atoms with Crippen LogP contribution in [0.15, 0.2) is 36.4 Å². The summed E-state index contributed by atoms with van der Waals surface area (Å²) in [7, 11) is 0. The third-order valence-corrected chi connectivity index (χ3v) is 7.42. The van der Waals surface area contributed by atoms with E-state index < -0.39 is 11.7 Å². The summed E-state index contributed by atoms with van der Waals surface area (Å²) in [5.74, 6) is 3.75. The molecule has 0 radical (unpaired) electrons. The molecule has 2 aliphatic rings. The summed E-state index contributed by atoms with van der Waals surface area (Å²) >= 11 is 0. The Hall–Kier alpha value is -1.25. The van der Waals surface area contributed by atoms with Gasteiger partial charge in [-0.1, -0.05) is 56.9 Å². The molecule has 0 atom stereocenters. The van der Waals surface area contributed by atoms with E-state index in [1.54, 1.807) is 12.1 Å². The molecule has 162 valence electrons. The van der Waals surface area contributed by atoms with E-state index in [9.17, 15) is 13.2 Å². The SMILES string of the molecule is CCCC1CCC(C2CCC(CC=CCc3ccc(C(F)(F)F)cc3)CC2)CC1. The van der Waals surface area contributed by atoms with Crippen LogP contribution in [-0.4, -0.2) is 0 Å². The van der Waals surface area contributed by atoms with Crippen molar-refractivity contribution in [3.8, 4) is 0 Å². The smallest absolute Gasteiger partial charge is 0.166 e. The minimum atomic E-state index is -4.25. The van der Waals surface area contributed by atoms with Crippen molar-refractivity contribution in [2.45, 2.75) is 90.1 Å². The predicted octanol–water partition coefficient (Wildman–Crippen LogP) is 8.61. The zero-order valence-electron chi connectivity index (χ0n) is 17.9. The zero-order chi connectivity index (χ0) is 20.7. The molecule has 3 rings (SSSR count). The Morgan fingerprint density at radius 3 is 1.86 bits per heavy atom. The van der Waals surface area contributed by atoms with Crippen LogP contribution in [0.5, 0.6) is 0 Å². The molecular weight excluding hydrogens is 369 g/mol. The van der Waals surface area contributed by atoms with Gasteiger partial charge in [-0.3, -0.25) is 0 Å². The van der Waals surface area contributed by atoms with Gasteiger partial charge in [0, 0.05) is 0 Å². The lowest BCUT2D eigenvalue weighted by Crippen LogP contribution is -2.25. The summed E-state index contributed by atoms with van der Waals surface area (Å²) < 4.78 is 37.8. The van der Waals surface area contributed by atoms with E-state index in [-0.39, 0.29) is 0 Å². The molecule has 0 saturated heterocycles. The van der Waals surface area contributed by atoms with Gasteiger partial charge in [-0.15, -0.1) is 0 Å². The minimum Gasteiger partial charge on any atom is -0.166 e. The molecule has 2 aliphatic carbocycles. The normalized spacial score (nSPS) is 28.7. The van der Waals surface area contributed by atoms with Crippen molar-refractivity contribution in [3.05, 3.63) is 47.5 Å². The van der Waals surface area contributed by atoms with Gasteiger partial charge in [0.1, 0.15) is 0 Å². The van der Waals surface area contributed by atoms with Gasteiger partial charge in [0.15, 0.2) is 0 Å². The van der Waals surface area contributed by atoms with E-state index in [2.05, 4.69) is 19.1 Å². The Labute approximate surface area is 175 Å². The highest BCUT2D eigenvalue weighted by molar-refractivity contribution is 5.25. The fraction of sp³-hybridized carbons (Fsp3) is 0.692. The highest BCUT2D eigenvalue weighted by atomic mass is 19.4. The van der Waals surface area contributed by atoms with Gasteiger partial charge in [0.05, 0.1) is 5.56 Å². The van der Waals surface area contributed by atoms with Crippen LogP contribution < -0.4 is 0 Å². The molecule has 0 N–H and O–H groups in total. The lowest BCUT2D eigenvalue weighted by atomic mass is 9.68. The summed E-state index contributed by atoms with van der Waals surface area (Å²) in [6.45, 7) is 2.31. The summed E-state index contributed by atoms with van der Waals surface area (Å²) in [5.41, 5.74) is 0.373. The number of halogens is 3. The third-order valence-electron chi connectivity index (χ3n) is 7.42. The fourth-order valence-corrected chi connectivity index (χ4v) is 5.59. The van der Waals surface area contributed by atoms with Gasteiger partial charge in [-0.25, -0.2) is 0 Å². The molecular formula is C26H37F3. The van der Waals surface area contributed by atoms with Gasteiger partial charge < -0.3 is 0 Å². The topological polar surface area (TPSA) is 0 Å². The van der Waals surface area contributed by atoms with Gasteiger partial charge in [-0.2, -0.15) is 13.2 Å². The van der Waals surface area contributed by atoms with E-state index in [1.807, 2.05) is 0 Å². The van der Waals surface area contributed by atoms with Crippen LogP contribution in [0.2, 0.25) is 0 Å². The lowest BCUT2D eigenvalue weighted by Gasteiger charge is -2.37. The Balaban J connectivity index is 1.34. The summed E-state index contributed by atoms with van der Waals surface area (Å²) in [4.78, 5) is 0. The largest absolute Gasteiger partial charge is 0.416 e. The van der Waals surface area contributed by atoms with E-state index in [0.717, 1.165) is 35.7 Å². The summed E-state index contributed by atoms with van der Waals surface area (Å²) in [5, 5.41) is 0. The summed E-state index contributed by atoms with van der Waals surface area (Å²) in [6.07, 6.45) is 16.1. The number of hydrogen-bond donors (Lipinski definition) is 0. The first-order chi connectivity index (χ1) is 14.0. The Kier molecular flexibility index (Phi) is 8.26. The maximum atomic E-state index is 12.6. The molecule has 0 amide bonds. The van der Waals surface area contributed by atoms with Crippen molar-refractivity contribution in [1.29, 1.82) is 0 Å². The van der Waals surface area contributed by atoms with Crippen LogP contribution >= 0.6 is 0 Å². The predicted molar refractivity (Wildman–Crippen MR) is 115 cm³/mol. The third kappa shape index (κ3) is 6.89. The van der Waals surface area contributed by atoms with Crippen LogP contribution in [0.3, 0.4) is 0 Å². The molecule has 29 heavy (non-hydrogen) atoms. The number of hydrogen-bond acceptors (Lipinski definition) is 0. The Morgan fingerprint density at radius 1 is 0.793 bits per heavy atom. The van der Waals surface area contributed by atoms with Gasteiger partial charge in [0.2, 0.25) is 0 Å². The molecule has 2 fully saturated rings. The van der Waals surface area contributed by atoms with E-state index in [0.29, 0.717) is 6.42 Å². The van der Waals surface area contributed by atoms with Crippen LogP contribution in [-0.2, 0) is 12.6 Å². The first-order valence-electron chi connectivity index (χ1n) is 11.8. The molecule has 0 spiro atoms. The van der Waals surface area contributed by atoms with Crippen molar-refractivity contribution in [2.75, 3.05) is 0 Å². The van der Waals surface area contributed by atoms with Crippen LogP contribution in [0.1, 0.15) is 88.7 Å². The average Bonchev–Trinajstić information content (AvgIpc) is 2.72. The highest BCUT2D eigenvalue weighted by Gasteiger charge is 2.31. The van der Waals surface area contributed by atoms with Crippen LogP contribution in [0, 0.1) is 23.7 Å². The van der Waals surface area contributed by atoms with E-state index in [1.165, 1.54) is 76.3 Å². The van der Waals surface area contributed by atoms with Crippen molar-refractivity contribution in [3.63, 3.8) is 0 Å². The molecule has 0 nitrogen and oxygen atoms in total.